The molecule has 0 saturated carbocycles. The number of amides is 1. The zero-order valence-corrected chi connectivity index (χ0v) is 10.3. The number of hydrogen-bond donors (Lipinski definition) is 0. The van der Waals surface area contributed by atoms with Crippen LogP contribution in [-0.4, -0.2) is 23.0 Å². The highest BCUT2D eigenvalue weighted by atomic mass is 16.5. The van der Waals surface area contributed by atoms with Crippen LogP contribution >= 0.6 is 0 Å². The van der Waals surface area contributed by atoms with Gasteiger partial charge in [0.05, 0.1) is 6.54 Å². The predicted molar refractivity (Wildman–Crippen MR) is 64.2 cm³/mol. The van der Waals surface area contributed by atoms with Gasteiger partial charge in [0.15, 0.2) is 0 Å². The summed E-state index contributed by atoms with van der Waals surface area (Å²) in [7, 11) is 1.81. The van der Waals surface area contributed by atoms with E-state index in [1.165, 1.54) is 0 Å². The molecule has 92 valence electrons. The third-order valence-corrected chi connectivity index (χ3v) is 3.05. The van der Waals surface area contributed by atoms with E-state index in [1.807, 2.05) is 20.0 Å². The summed E-state index contributed by atoms with van der Waals surface area (Å²) in [5.74, 6) is 1.37. The first-order chi connectivity index (χ1) is 8.15. The Labute approximate surface area is 101 Å². The fourth-order valence-corrected chi connectivity index (χ4v) is 2.07. The summed E-state index contributed by atoms with van der Waals surface area (Å²) in [4.78, 5) is 13.7. The van der Waals surface area contributed by atoms with Crippen molar-refractivity contribution < 1.29 is 9.32 Å². The Kier molecular flexibility index (Phi) is 3.61. The van der Waals surface area contributed by atoms with Crippen molar-refractivity contribution in [3.63, 3.8) is 0 Å². The summed E-state index contributed by atoms with van der Waals surface area (Å²) in [5, 5.41) is 3.89. The summed E-state index contributed by atoms with van der Waals surface area (Å²) < 4.78 is 4.98. The van der Waals surface area contributed by atoms with Gasteiger partial charge in [0.1, 0.15) is 11.5 Å². The van der Waals surface area contributed by atoms with E-state index in [0.717, 1.165) is 24.3 Å². The summed E-state index contributed by atoms with van der Waals surface area (Å²) in [6, 6.07) is 1.86. The van der Waals surface area contributed by atoms with Crippen LogP contribution in [0.15, 0.2) is 22.7 Å². The van der Waals surface area contributed by atoms with Gasteiger partial charge < -0.3 is 9.42 Å². The number of nitrogens with zero attached hydrogens (tertiary/aromatic N) is 2. The van der Waals surface area contributed by atoms with Crippen LogP contribution in [-0.2, 0) is 11.3 Å². The molecule has 1 heterocycles. The van der Waals surface area contributed by atoms with E-state index in [9.17, 15) is 4.79 Å². The van der Waals surface area contributed by atoms with Crippen LogP contribution in [0.3, 0.4) is 0 Å². The highest BCUT2D eigenvalue weighted by Crippen LogP contribution is 2.21. The molecule has 1 aliphatic rings. The maximum atomic E-state index is 11.9. The van der Waals surface area contributed by atoms with Gasteiger partial charge in [-0.05, 0) is 25.7 Å². The lowest BCUT2D eigenvalue weighted by Gasteiger charge is -2.17. The number of aryl methyl sites for hydroxylation is 1. The Hall–Kier alpha value is -1.58. The van der Waals surface area contributed by atoms with Crippen molar-refractivity contribution in [1.82, 2.24) is 10.1 Å². The zero-order valence-electron chi connectivity index (χ0n) is 10.3. The minimum Gasteiger partial charge on any atom is -0.361 e. The van der Waals surface area contributed by atoms with Gasteiger partial charge >= 0.3 is 0 Å². The SMILES string of the molecule is Cc1cc(CN(C)C(=O)C[C@H]2C=CCC2)no1. The minimum atomic E-state index is 0.169. The first-order valence-corrected chi connectivity index (χ1v) is 5.98. The second kappa shape index (κ2) is 5.17. The minimum absolute atomic E-state index is 0.169. The quantitative estimate of drug-likeness (QED) is 0.751. The zero-order chi connectivity index (χ0) is 12.3. The summed E-state index contributed by atoms with van der Waals surface area (Å²) in [6.45, 7) is 2.37. The smallest absolute Gasteiger partial charge is 0.223 e. The lowest BCUT2D eigenvalue weighted by molar-refractivity contribution is -0.131. The van der Waals surface area contributed by atoms with Crippen molar-refractivity contribution in [3.8, 4) is 0 Å². The number of aromatic nitrogens is 1. The number of rotatable bonds is 4. The second-order valence-corrected chi connectivity index (χ2v) is 4.65. The van der Waals surface area contributed by atoms with Gasteiger partial charge in [-0.3, -0.25) is 4.79 Å². The molecular weight excluding hydrogens is 216 g/mol. The Morgan fingerprint density at radius 1 is 1.65 bits per heavy atom. The molecule has 1 amide bonds. The fourth-order valence-electron chi connectivity index (χ4n) is 2.07. The van der Waals surface area contributed by atoms with E-state index in [1.54, 1.807) is 4.90 Å². The van der Waals surface area contributed by atoms with E-state index in [0.29, 0.717) is 18.9 Å². The molecule has 4 heteroatoms. The highest BCUT2D eigenvalue weighted by Gasteiger charge is 2.17. The van der Waals surface area contributed by atoms with Crippen molar-refractivity contribution in [2.24, 2.45) is 5.92 Å². The van der Waals surface area contributed by atoms with Gasteiger partial charge in [-0.1, -0.05) is 17.3 Å². The third-order valence-electron chi connectivity index (χ3n) is 3.05. The molecule has 0 N–H and O–H groups in total. The van der Waals surface area contributed by atoms with Gasteiger partial charge in [0.25, 0.3) is 0 Å². The Balaban J connectivity index is 1.84. The Bertz CT molecular complexity index is 423. The van der Waals surface area contributed by atoms with Crippen LogP contribution in [0.5, 0.6) is 0 Å². The van der Waals surface area contributed by atoms with Crippen LogP contribution in [0.25, 0.3) is 0 Å². The number of hydrogen-bond acceptors (Lipinski definition) is 3. The topological polar surface area (TPSA) is 46.3 Å². The molecule has 2 rings (SSSR count). The molecule has 1 aliphatic carbocycles. The average molecular weight is 234 g/mol. The predicted octanol–water partition coefficient (Wildman–Crippen LogP) is 2.30. The average Bonchev–Trinajstić information content (AvgIpc) is 2.90. The van der Waals surface area contributed by atoms with E-state index < -0.39 is 0 Å². The van der Waals surface area contributed by atoms with Gasteiger partial charge in [-0.2, -0.15) is 0 Å². The Morgan fingerprint density at radius 3 is 3.06 bits per heavy atom. The van der Waals surface area contributed by atoms with E-state index >= 15 is 0 Å². The molecular formula is C13H18N2O2. The molecule has 0 unspecified atom stereocenters. The standard InChI is InChI=1S/C13H18N2O2/c1-10-7-12(14-17-10)9-15(2)13(16)8-11-5-3-4-6-11/h3,5,7,11H,4,6,8-9H2,1-2H3/t11-/m0/s1. The van der Waals surface area contributed by atoms with E-state index in [-0.39, 0.29) is 5.91 Å². The molecule has 17 heavy (non-hydrogen) atoms. The fraction of sp³-hybridized carbons (Fsp3) is 0.538. The maximum absolute atomic E-state index is 11.9. The van der Waals surface area contributed by atoms with Crippen molar-refractivity contribution in [2.75, 3.05) is 7.05 Å². The second-order valence-electron chi connectivity index (χ2n) is 4.65. The van der Waals surface area contributed by atoms with Crippen molar-refractivity contribution >= 4 is 5.91 Å². The largest absolute Gasteiger partial charge is 0.361 e. The molecule has 0 bridgehead atoms. The first-order valence-electron chi connectivity index (χ1n) is 5.98. The third kappa shape index (κ3) is 3.19. The van der Waals surface area contributed by atoms with Gasteiger partial charge in [-0.25, -0.2) is 0 Å². The molecule has 0 fully saturated rings. The summed E-state index contributed by atoms with van der Waals surface area (Å²) in [6.07, 6.45) is 7.10. The molecule has 0 spiro atoms. The summed E-state index contributed by atoms with van der Waals surface area (Å²) >= 11 is 0. The first kappa shape index (κ1) is 11.9. The number of allylic oxidation sites excluding steroid dienone is 2. The molecule has 0 aliphatic heterocycles. The number of carbonyl (C=O) groups excluding carboxylic acids is 1. The molecule has 4 nitrogen and oxygen atoms in total. The van der Waals surface area contributed by atoms with Gasteiger partial charge in [-0.15, -0.1) is 0 Å². The van der Waals surface area contributed by atoms with Crippen LogP contribution in [0, 0.1) is 12.8 Å². The normalized spacial score (nSPS) is 18.6. The van der Waals surface area contributed by atoms with E-state index in [4.69, 9.17) is 4.52 Å². The van der Waals surface area contributed by atoms with Gasteiger partial charge in [0, 0.05) is 19.5 Å². The van der Waals surface area contributed by atoms with Crippen LogP contribution in [0.1, 0.15) is 30.7 Å². The summed E-state index contributed by atoms with van der Waals surface area (Å²) in [5.41, 5.74) is 0.806. The van der Waals surface area contributed by atoms with Crippen molar-refractivity contribution in [2.45, 2.75) is 32.7 Å². The van der Waals surface area contributed by atoms with Crippen LogP contribution in [0.4, 0.5) is 0 Å². The number of carbonyl (C=O) groups is 1. The van der Waals surface area contributed by atoms with Gasteiger partial charge in [0.2, 0.25) is 5.91 Å². The molecule has 1 aromatic rings. The van der Waals surface area contributed by atoms with Crippen molar-refractivity contribution in [3.05, 3.63) is 29.7 Å². The highest BCUT2D eigenvalue weighted by molar-refractivity contribution is 5.76. The lowest BCUT2D eigenvalue weighted by atomic mass is 10.0. The molecule has 0 saturated heterocycles. The molecule has 0 aromatic carbocycles. The molecule has 1 aromatic heterocycles. The maximum Gasteiger partial charge on any atom is 0.223 e. The van der Waals surface area contributed by atoms with Crippen molar-refractivity contribution in [1.29, 1.82) is 0 Å². The van der Waals surface area contributed by atoms with Crippen LogP contribution in [0.2, 0.25) is 0 Å². The molecule has 0 radical (unpaired) electrons. The van der Waals surface area contributed by atoms with E-state index in [2.05, 4.69) is 17.3 Å². The van der Waals surface area contributed by atoms with Crippen LogP contribution < -0.4 is 0 Å². The molecule has 1 atom stereocenters. The Morgan fingerprint density at radius 2 is 2.47 bits per heavy atom. The lowest BCUT2D eigenvalue weighted by Crippen LogP contribution is -2.27. The monoisotopic (exact) mass is 234 g/mol.